The molecule has 8 heteroatoms. The van der Waals surface area contributed by atoms with Crippen LogP contribution in [-0.2, 0) is 23.0 Å². The second-order valence-electron chi connectivity index (χ2n) is 4.28. The lowest BCUT2D eigenvalue weighted by molar-refractivity contribution is 0.484. The van der Waals surface area contributed by atoms with E-state index in [4.69, 9.17) is 15.5 Å². The van der Waals surface area contributed by atoms with E-state index < -0.39 is 16.0 Å². The minimum absolute atomic E-state index is 0.137. The number of amidine groups is 1. The first-order valence-corrected chi connectivity index (χ1v) is 8.83. The minimum atomic E-state index is -4.11. The van der Waals surface area contributed by atoms with Gasteiger partial charge in [-0.05, 0) is 24.0 Å². The summed E-state index contributed by atoms with van der Waals surface area (Å²) in [4.78, 5) is 3.56. The number of hydrogen-bond donors (Lipinski definition) is 2. The molecule has 0 aliphatic carbocycles. The van der Waals surface area contributed by atoms with Gasteiger partial charge in [0.2, 0.25) is 0 Å². The average Bonchev–Trinajstić information content (AvgIpc) is 2.43. The Balaban J connectivity index is 2.37. The van der Waals surface area contributed by atoms with E-state index in [9.17, 15) is 8.42 Å². The zero-order chi connectivity index (χ0) is 15.7. The van der Waals surface area contributed by atoms with Crippen LogP contribution in [0.2, 0.25) is 0 Å². The molecule has 0 saturated carbocycles. The number of aliphatic imine (C=N–C) groups is 1. The van der Waals surface area contributed by atoms with E-state index >= 15 is 0 Å². The second kappa shape index (κ2) is 8.67. The van der Waals surface area contributed by atoms with Crippen molar-refractivity contribution in [2.75, 3.05) is 11.6 Å². The number of nitrogens with two attached hydrogens (primary N) is 1. The van der Waals surface area contributed by atoms with E-state index in [2.05, 4.69) is 11.1 Å². The van der Waals surface area contributed by atoms with Gasteiger partial charge in [-0.15, -0.1) is 0 Å². The van der Waals surface area contributed by atoms with Crippen LogP contribution in [0.25, 0.3) is 0 Å². The molecule has 21 heavy (non-hydrogen) atoms. The molecule has 0 aliphatic rings. The Labute approximate surface area is 128 Å². The van der Waals surface area contributed by atoms with E-state index in [1.54, 1.807) is 0 Å². The van der Waals surface area contributed by atoms with Crippen LogP contribution in [0.15, 0.2) is 29.3 Å². The monoisotopic (exact) mass is 327 g/mol. The average molecular weight is 327 g/mol. The molecule has 0 unspecified atom stereocenters. The van der Waals surface area contributed by atoms with Crippen molar-refractivity contribution in [3.05, 3.63) is 35.4 Å². The Morgan fingerprint density at radius 3 is 2.38 bits per heavy atom. The molecule has 3 N–H and O–H groups in total. The van der Waals surface area contributed by atoms with E-state index in [1.807, 2.05) is 24.3 Å². The van der Waals surface area contributed by atoms with Crippen molar-refractivity contribution in [3.8, 4) is 6.07 Å². The third kappa shape index (κ3) is 8.34. The predicted octanol–water partition coefficient (Wildman–Crippen LogP) is 1.58. The van der Waals surface area contributed by atoms with Crippen molar-refractivity contribution < 1.29 is 13.0 Å². The molecule has 1 rings (SSSR count). The standard InChI is InChI=1S/C13H17N3O3S2/c14-8-1-2-11-3-5-12(6-4-11)7-9-20-13(15)16-10-21(17,18)19/h3-6H,1-2,7,9-10H2,(H2,15,16)(H,17,18,19). The molecule has 6 nitrogen and oxygen atoms in total. The highest BCUT2D eigenvalue weighted by molar-refractivity contribution is 8.13. The fourth-order valence-electron chi connectivity index (χ4n) is 1.54. The Kier molecular flexibility index (Phi) is 7.22. The SMILES string of the molecule is N#CCCc1ccc(CCS/C(N)=N/CS(=O)(=O)O)cc1. The molecule has 1 aromatic carbocycles. The highest BCUT2D eigenvalue weighted by atomic mass is 32.2. The van der Waals surface area contributed by atoms with Crippen molar-refractivity contribution in [2.45, 2.75) is 19.3 Å². The van der Waals surface area contributed by atoms with Crippen LogP contribution in [0, 0.1) is 11.3 Å². The summed E-state index contributed by atoms with van der Waals surface area (Å²) in [5.74, 6) is -0.0439. The number of aryl methyl sites for hydroxylation is 2. The van der Waals surface area contributed by atoms with Gasteiger partial charge in [0.05, 0.1) is 6.07 Å². The minimum Gasteiger partial charge on any atom is -0.379 e. The molecule has 0 amide bonds. The normalized spacial score (nSPS) is 12.1. The first-order valence-electron chi connectivity index (χ1n) is 6.23. The quantitative estimate of drug-likeness (QED) is 0.446. The largest absolute Gasteiger partial charge is 0.379 e. The third-order valence-corrected chi connectivity index (χ3v) is 3.86. The second-order valence-corrected chi connectivity index (χ2v) is 6.82. The maximum atomic E-state index is 10.5. The molecule has 0 aromatic heterocycles. The lowest BCUT2D eigenvalue weighted by Gasteiger charge is -2.03. The third-order valence-electron chi connectivity index (χ3n) is 2.57. The van der Waals surface area contributed by atoms with Crippen LogP contribution >= 0.6 is 11.8 Å². The van der Waals surface area contributed by atoms with Gasteiger partial charge < -0.3 is 5.73 Å². The lowest BCUT2D eigenvalue weighted by Crippen LogP contribution is -2.12. The number of thioether (sulfide) groups is 1. The molecular weight excluding hydrogens is 310 g/mol. The van der Waals surface area contributed by atoms with Crippen LogP contribution in [0.3, 0.4) is 0 Å². The van der Waals surface area contributed by atoms with Crippen LogP contribution in [-0.4, -0.2) is 29.8 Å². The van der Waals surface area contributed by atoms with Gasteiger partial charge >= 0.3 is 0 Å². The Morgan fingerprint density at radius 1 is 1.29 bits per heavy atom. The van der Waals surface area contributed by atoms with Crippen LogP contribution in [0.4, 0.5) is 0 Å². The van der Waals surface area contributed by atoms with Gasteiger partial charge in [-0.3, -0.25) is 4.55 Å². The van der Waals surface area contributed by atoms with Crippen LogP contribution in [0.1, 0.15) is 17.5 Å². The van der Waals surface area contributed by atoms with Gasteiger partial charge in [0.15, 0.2) is 11.0 Å². The molecule has 0 aliphatic heterocycles. The summed E-state index contributed by atoms with van der Waals surface area (Å²) < 4.78 is 29.5. The molecule has 1 aromatic rings. The number of nitriles is 1. The lowest BCUT2D eigenvalue weighted by atomic mass is 10.1. The number of hydrogen-bond acceptors (Lipinski definition) is 5. The van der Waals surface area contributed by atoms with Gasteiger partial charge in [-0.2, -0.15) is 13.7 Å². The molecule has 0 atom stereocenters. The summed E-state index contributed by atoms with van der Waals surface area (Å²) in [6.45, 7) is 0. The zero-order valence-corrected chi connectivity index (χ0v) is 13.0. The van der Waals surface area contributed by atoms with Gasteiger partial charge in [0, 0.05) is 12.2 Å². The van der Waals surface area contributed by atoms with Gasteiger partial charge in [0.1, 0.15) is 0 Å². The summed E-state index contributed by atoms with van der Waals surface area (Å²) in [7, 11) is -4.11. The fraction of sp³-hybridized carbons (Fsp3) is 0.385. The van der Waals surface area contributed by atoms with Gasteiger partial charge in [-0.25, -0.2) is 4.99 Å². The van der Waals surface area contributed by atoms with E-state index in [-0.39, 0.29) is 5.17 Å². The maximum Gasteiger partial charge on any atom is 0.285 e. The molecule has 0 spiro atoms. The summed E-state index contributed by atoms with van der Waals surface area (Å²) >= 11 is 1.24. The summed E-state index contributed by atoms with van der Waals surface area (Å²) in [6.07, 6.45) is 2.03. The van der Waals surface area contributed by atoms with E-state index in [1.165, 1.54) is 11.8 Å². The van der Waals surface area contributed by atoms with Crippen molar-refractivity contribution in [1.82, 2.24) is 0 Å². The molecule has 0 saturated heterocycles. The van der Waals surface area contributed by atoms with E-state index in [0.29, 0.717) is 12.2 Å². The highest BCUT2D eigenvalue weighted by Gasteiger charge is 2.03. The number of nitrogens with zero attached hydrogens (tertiary/aromatic N) is 2. The first-order chi connectivity index (χ1) is 9.90. The predicted molar refractivity (Wildman–Crippen MR) is 84.6 cm³/mol. The van der Waals surface area contributed by atoms with Crippen molar-refractivity contribution in [1.29, 1.82) is 5.26 Å². The van der Waals surface area contributed by atoms with Crippen molar-refractivity contribution >= 4 is 27.0 Å². The Bertz CT molecular complexity index is 619. The number of rotatable bonds is 7. The Morgan fingerprint density at radius 2 is 1.86 bits per heavy atom. The smallest absolute Gasteiger partial charge is 0.285 e. The molecule has 0 heterocycles. The molecular formula is C13H17N3O3S2. The number of benzene rings is 1. The van der Waals surface area contributed by atoms with Gasteiger partial charge in [0.25, 0.3) is 10.1 Å². The topological polar surface area (TPSA) is 117 Å². The van der Waals surface area contributed by atoms with Crippen molar-refractivity contribution in [2.24, 2.45) is 10.7 Å². The zero-order valence-electron chi connectivity index (χ0n) is 11.4. The van der Waals surface area contributed by atoms with Crippen molar-refractivity contribution in [3.63, 3.8) is 0 Å². The van der Waals surface area contributed by atoms with Gasteiger partial charge in [-0.1, -0.05) is 36.0 Å². The van der Waals surface area contributed by atoms with E-state index in [0.717, 1.165) is 24.0 Å². The molecule has 114 valence electrons. The maximum absolute atomic E-state index is 10.5. The first kappa shape index (κ1) is 17.5. The van der Waals surface area contributed by atoms with Crippen LogP contribution < -0.4 is 5.73 Å². The Hall–Kier alpha value is -1.56. The van der Waals surface area contributed by atoms with Crippen LogP contribution in [0.5, 0.6) is 0 Å². The summed E-state index contributed by atoms with van der Waals surface area (Å²) in [5, 5.41) is 8.65. The summed E-state index contributed by atoms with van der Waals surface area (Å²) in [5.41, 5.74) is 7.79. The highest BCUT2D eigenvalue weighted by Crippen LogP contribution is 2.10. The fourth-order valence-corrected chi connectivity index (χ4v) is 2.62. The molecule has 0 bridgehead atoms. The summed E-state index contributed by atoms with van der Waals surface area (Å²) in [6, 6.07) is 10.1. The molecule has 0 fully saturated rings. The molecule has 0 radical (unpaired) electrons.